The molecule has 1 nitrogen and oxygen atoms in total. The minimum absolute atomic E-state index is 0.204. The molecule has 0 aliphatic rings. The van der Waals surface area contributed by atoms with Crippen molar-refractivity contribution in [3.8, 4) is 11.1 Å². The Morgan fingerprint density at radius 3 is 2.45 bits per heavy atom. The molecule has 0 unspecified atom stereocenters. The van der Waals surface area contributed by atoms with Gasteiger partial charge >= 0.3 is 0 Å². The molecule has 3 aromatic rings. The van der Waals surface area contributed by atoms with Crippen LogP contribution in [0.2, 0.25) is 0 Å². The van der Waals surface area contributed by atoms with Crippen molar-refractivity contribution in [2.75, 3.05) is 0 Å². The molecule has 0 fully saturated rings. The summed E-state index contributed by atoms with van der Waals surface area (Å²) in [5.41, 5.74) is 3.09. The van der Waals surface area contributed by atoms with Gasteiger partial charge in [-0.1, -0.05) is 42.5 Å². The Morgan fingerprint density at radius 2 is 1.70 bits per heavy atom. The lowest BCUT2D eigenvalue weighted by Gasteiger charge is -2.07. The maximum atomic E-state index is 13.7. The third-order valence-corrected chi connectivity index (χ3v) is 3.55. The van der Waals surface area contributed by atoms with Crippen LogP contribution < -0.4 is 0 Å². The summed E-state index contributed by atoms with van der Waals surface area (Å²) in [7, 11) is 0. The van der Waals surface area contributed by atoms with Crippen molar-refractivity contribution in [1.82, 2.24) is 0 Å². The molecule has 0 amide bonds. The second-order valence-electron chi connectivity index (χ2n) is 4.86. The highest BCUT2D eigenvalue weighted by Crippen LogP contribution is 2.27. The topological polar surface area (TPSA) is 17.1 Å². The van der Waals surface area contributed by atoms with Gasteiger partial charge in [-0.05, 0) is 46.5 Å². The first kappa shape index (κ1) is 12.5. The fourth-order valence-electron chi connectivity index (χ4n) is 2.36. The largest absolute Gasteiger partial charge is 0.298 e. The van der Waals surface area contributed by atoms with Crippen LogP contribution in [-0.4, -0.2) is 6.29 Å². The van der Waals surface area contributed by atoms with E-state index in [1.165, 1.54) is 0 Å². The van der Waals surface area contributed by atoms with Crippen molar-refractivity contribution in [3.05, 3.63) is 71.5 Å². The van der Waals surface area contributed by atoms with E-state index in [1.54, 1.807) is 25.1 Å². The molecule has 0 saturated carbocycles. The predicted molar refractivity (Wildman–Crippen MR) is 79.5 cm³/mol. The van der Waals surface area contributed by atoms with E-state index in [9.17, 15) is 9.18 Å². The van der Waals surface area contributed by atoms with E-state index in [2.05, 4.69) is 0 Å². The van der Waals surface area contributed by atoms with Gasteiger partial charge in [-0.2, -0.15) is 0 Å². The van der Waals surface area contributed by atoms with E-state index in [0.29, 0.717) is 11.1 Å². The molecule has 0 N–H and O–H groups in total. The molecule has 3 rings (SSSR count). The van der Waals surface area contributed by atoms with Gasteiger partial charge in [0.15, 0.2) is 6.29 Å². The summed E-state index contributed by atoms with van der Waals surface area (Å²) < 4.78 is 13.7. The van der Waals surface area contributed by atoms with Crippen molar-refractivity contribution in [3.63, 3.8) is 0 Å². The Hall–Kier alpha value is -2.48. The lowest BCUT2D eigenvalue weighted by Crippen LogP contribution is -1.86. The molecule has 0 atom stereocenters. The number of aldehydes is 1. The number of carbonyl (C=O) groups is 1. The first-order chi connectivity index (χ1) is 9.69. The molecule has 0 heterocycles. The molecule has 20 heavy (non-hydrogen) atoms. The molecular formula is C18H13FO. The number of aryl methyl sites for hydroxylation is 1. The summed E-state index contributed by atoms with van der Waals surface area (Å²) >= 11 is 0. The summed E-state index contributed by atoms with van der Waals surface area (Å²) in [6, 6.07) is 16.6. The molecule has 2 heteroatoms. The van der Waals surface area contributed by atoms with Gasteiger partial charge < -0.3 is 0 Å². The molecule has 0 radical (unpaired) electrons. The highest BCUT2D eigenvalue weighted by molar-refractivity contribution is 5.99. The highest BCUT2D eigenvalue weighted by atomic mass is 19.1. The Bertz CT molecular complexity index is 806. The van der Waals surface area contributed by atoms with E-state index in [4.69, 9.17) is 0 Å². The summed E-state index contributed by atoms with van der Waals surface area (Å²) in [5.74, 6) is -0.204. The van der Waals surface area contributed by atoms with Crippen LogP contribution >= 0.6 is 0 Å². The summed E-state index contributed by atoms with van der Waals surface area (Å²) in [5, 5.41) is 1.90. The lowest BCUT2D eigenvalue weighted by atomic mass is 9.98. The Labute approximate surface area is 116 Å². The highest BCUT2D eigenvalue weighted by Gasteiger charge is 2.05. The number of carbonyl (C=O) groups excluding carboxylic acids is 1. The van der Waals surface area contributed by atoms with E-state index in [1.807, 2.05) is 36.4 Å². The summed E-state index contributed by atoms with van der Waals surface area (Å²) in [6.45, 7) is 1.75. The van der Waals surface area contributed by atoms with Gasteiger partial charge in [-0.15, -0.1) is 0 Å². The van der Waals surface area contributed by atoms with Gasteiger partial charge in [0.05, 0.1) is 0 Å². The van der Waals surface area contributed by atoms with Crippen LogP contribution in [0, 0.1) is 12.7 Å². The number of rotatable bonds is 2. The second kappa shape index (κ2) is 4.89. The van der Waals surface area contributed by atoms with Crippen LogP contribution in [0.4, 0.5) is 4.39 Å². The van der Waals surface area contributed by atoms with Gasteiger partial charge in [0.25, 0.3) is 0 Å². The van der Waals surface area contributed by atoms with Gasteiger partial charge in [-0.25, -0.2) is 4.39 Å². The molecule has 0 aromatic heterocycles. The number of fused-ring (bicyclic) bond motifs is 1. The molecule has 3 aromatic carbocycles. The van der Waals surface area contributed by atoms with Gasteiger partial charge in [0.1, 0.15) is 5.82 Å². The quantitative estimate of drug-likeness (QED) is 0.609. The first-order valence-electron chi connectivity index (χ1n) is 6.43. The SMILES string of the molecule is Cc1ccc(-c2ccc3c(C=O)cccc3c2)cc1F. The Balaban J connectivity index is 2.18. The molecule has 0 aliphatic carbocycles. The smallest absolute Gasteiger partial charge is 0.150 e. The van der Waals surface area contributed by atoms with E-state index >= 15 is 0 Å². The summed E-state index contributed by atoms with van der Waals surface area (Å²) in [4.78, 5) is 11.0. The van der Waals surface area contributed by atoms with Gasteiger partial charge in [0, 0.05) is 5.56 Å². The number of benzene rings is 3. The van der Waals surface area contributed by atoms with Crippen LogP contribution in [-0.2, 0) is 0 Å². The van der Waals surface area contributed by atoms with Crippen LogP contribution in [0.5, 0.6) is 0 Å². The predicted octanol–water partition coefficient (Wildman–Crippen LogP) is 4.77. The van der Waals surface area contributed by atoms with Crippen molar-refractivity contribution < 1.29 is 9.18 Å². The van der Waals surface area contributed by atoms with Crippen molar-refractivity contribution in [1.29, 1.82) is 0 Å². The summed E-state index contributed by atoms with van der Waals surface area (Å²) in [6.07, 6.45) is 0.855. The van der Waals surface area contributed by atoms with Crippen molar-refractivity contribution in [2.24, 2.45) is 0 Å². The minimum Gasteiger partial charge on any atom is -0.298 e. The molecular weight excluding hydrogens is 251 g/mol. The maximum absolute atomic E-state index is 13.7. The molecule has 0 spiro atoms. The van der Waals surface area contributed by atoms with Crippen molar-refractivity contribution in [2.45, 2.75) is 6.92 Å². The number of hydrogen-bond acceptors (Lipinski definition) is 1. The third kappa shape index (κ3) is 2.10. The van der Waals surface area contributed by atoms with Crippen molar-refractivity contribution >= 4 is 17.1 Å². The fourth-order valence-corrected chi connectivity index (χ4v) is 2.36. The first-order valence-corrected chi connectivity index (χ1v) is 6.43. The zero-order valence-electron chi connectivity index (χ0n) is 11.1. The van der Waals surface area contributed by atoms with E-state index in [-0.39, 0.29) is 5.82 Å². The minimum atomic E-state index is -0.204. The third-order valence-electron chi connectivity index (χ3n) is 3.55. The molecule has 0 aliphatic heterocycles. The number of hydrogen-bond donors (Lipinski definition) is 0. The fraction of sp³-hybridized carbons (Fsp3) is 0.0556. The van der Waals surface area contributed by atoms with Crippen LogP contribution in [0.25, 0.3) is 21.9 Å². The zero-order chi connectivity index (χ0) is 14.1. The number of halogens is 1. The zero-order valence-corrected chi connectivity index (χ0v) is 11.1. The Morgan fingerprint density at radius 1 is 0.950 bits per heavy atom. The normalized spacial score (nSPS) is 10.7. The molecule has 0 saturated heterocycles. The second-order valence-corrected chi connectivity index (χ2v) is 4.86. The van der Waals surface area contributed by atoms with E-state index < -0.39 is 0 Å². The van der Waals surface area contributed by atoms with Crippen LogP contribution in [0.3, 0.4) is 0 Å². The molecule has 0 bridgehead atoms. The van der Waals surface area contributed by atoms with Crippen LogP contribution in [0.15, 0.2) is 54.6 Å². The standard InChI is InChI=1S/C18H13FO/c1-12-5-6-14(10-18(12)19)13-7-8-17-15(9-13)3-2-4-16(17)11-20/h2-11H,1H3. The lowest BCUT2D eigenvalue weighted by molar-refractivity contribution is 0.112. The van der Waals surface area contributed by atoms with Gasteiger partial charge in [-0.3, -0.25) is 4.79 Å². The monoisotopic (exact) mass is 264 g/mol. The van der Waals surface area contributed by atoms with Gasteiger partial charge in [0.2, 0.25) is 0 Å². The van der Waals surface area contributed by atoms with E-state index in [0.717, 1.165) is 28.2 Å². The average molecular weight is 264 g/mol. The maximum Gasteiger partial charge on any atom is 0.150 e. The average Bonchev–Trinajstić information content (AvgIpc) is 2.48. The molecule has 98 valence electrons. The Kier molecular flexibility index (Phi) is 3.07. The van der Waals surface area contributed by atoms with Crippen LogP contribution in [0.1, 0.15) is 15.9 Å².